The van der Waals surface area contributed by atoms with Gasteiger partial charge in [-0.3, -0.25) is 9.59 Å². The number of anilines is 2. The molecule has 0 aliphatic rings. The van der Waals surface area contributed by atoms with Crippen molar-refractivity contribution in [2.45, 2.75) is 13.8 Å². The largest absolute Gasteiger partial charge is 0.441 e. The lowest BCUT2D eigenvalue weighted by Crippen LogP contribution is -2.17. The van der Waals surface area contributed by atoms with E-state index in [1.807, 2.05) is 60.7 Å². The van der Waals surface area contributed by atoms with Crippen LogP contribution in [0.4, 0.5) is 11.4 Å². The van der Waals surface area contributed by atoms with Crippen molar-refractivity contribution in [1.29, 1.82) is 0 Å². The van der Waals surface area contributed by atoms with Crippen molar-refractivity contribution < 1.29 is 14.0 Å². The van der Waals surface area contributed by atoms with Gasteiger partial charge in [0, 0.05) is 22.5 Å². The van der Waals surface area contributed by atoms with E-state index in [0.717, 1.165) is 5.56 Å². The summed E-state index contributed by atoms with van der Waals surface area (Å²) in [4.78, 5) is 29.9. The highest BCUT2D eigenvalue weighted by Gasteiger charge is 2.20. The number of rotatable bonds is 5. The van der Waals surface area contributed by atoms with Crippen LogP contribution in [0.3, 0.4) is 0 Å². The van der Waals surface area contributed by atoms with Gasteiger partial charge in [0.1, 0.15) is 5.76 Å². The van der Waals surface area contributed by atoms with Crippen LogP contribution in [0.15, 0.2) is 83.3 Å². The third-order valence-electron chi connectivity index (χ3n) is 4.89. The molecule has 0 saturated carbocycles. The van der Waals surface area contributed by atoms with Crippen molar-refractivity contribution in [3.05, 3.63) is 101 Å². The van der Waals surface area contributed by atoms with Crippen molar-refractivity contribution in [3.8, 4) is 11.5 Å². The van der Waals surface area contributed by atoms with Gasteiger partial charge in [0.2, 0.25) is 5.89 Å². The number of aromatic nitrogens is 1. The van der Waals surface area contributed by atoms with Gasteiger partial charge in [0.15, 0.2) is 5.69 Å². The Bertz CT molecular complexity index is 1230. The number of aryl methyl sites for hydroxylation is 1. The minimum Gasteiger partial charge on any atom is -0.441 e. The molecule has 154 valence electrons. The van der Waals surface area contributed by atoms with Gasteiger partial charge in [-0.15, -0.1) is 0 Å². The molecule has 0 aliphatic carbocycles. The van der Waals surface area contributed by atoms with E-state index in [-0.39, 0.29) is 11.6 Å². The summed E-state index contributed by atoms with van der Waals surface area (Å²) < 4.78 is 5.68. The first-order chi connectivity index (χ1) is 15.0. The molecule has 1 aromatic heterocycles. The number of nitrogens with zero attached hydrogens (tertiary/aromatic N) is 1. The molecule has 2 N–H and O–H groups in total. The van der Waals surface area contributed by atoms with Gasteiger partial charge in [-0.1, -0.05) is 42.5 Å². The zero-order valence-electron chi connectivity index (χ0n) is 17.2. The third-order valence-corrected chi connectivity index (χ3v) is 4.89. The number of oxazole rings is 1. The van der Waals surface area contributed by atoms with Crippen molar-refractivity contribution >= 4 is 23.2 Å². The van der Waals surface area contributed by atoms with Gasteiger partial charge in [-0.25, -0.2) is 4.98 Å². The molecule has 2 amide bonds. The lowest BCUT2D eigenvalue weighted by Gasteiger charge is -2.12. The number of carbonyl (C=O) groups excluding carboxylic acids is 2. The lowest BCUT2D eigenvalue weighted by atomic mass is 10.1. The minimum absolute atomic E-state index is 0.206. The molecule has 4 rings (SSSR count). The Morgan fingerprint density at radius 3 is 2.16 bits per heavy atom. The number of nitrogens with one attached hydrogen (secondary N) is 2. The fourth-order valence-electron chi connectivity index (χ4n) is 3.23. The van der Waals surface area contributed by atoms with E-state index in [9.17, 15) is 9.59 Å². The highest BCUT2D eigenvalue weighted by atomic mass is 16.4. The minimum atomic E-state index is -0.396. The zero-order chi connectivity index (χ0) is 21.8. The highest BCUT2D eigenvalue weighted by Crippen LogP contribution is 2.24. The Labute approximate surface area is 179 Å². The SMILES string of the molecule is Cc1oc(-c2ccccc2)nc1C(=O)Nc1cccc(C(=O)Nc2ccccc2)c1C. The molecule has 0 saturated heterocycles. The van der Waals surface area contributed by atoms with Gasteiger partial charge in [0.25, 0.3) is 11.8 Å². The molecule has 0 aliphatic heterocycles. The van der Waals surface area contributed by atoms with Crippen LogP contribution >= 0.6 is 0 Å². The molecule has 0 spiro atoms. The lowest BCUT2D eigenvalue weighted by molar-refractivity contribution is 0.101. The molecule has 31 heavy (non-hydrogen) atoms. The average molecular weight is 411 g/mol. The number of carbonyl (C=O) groups is 2. The molecule has 0 atom stereocenters. The predicted octanol–water partition coefficient (Wildman–Crippen LogP) is 5.46. The number of para-hydroxylation sites is 1. The second kappa shape index (κ2) is 8.67. The van der Waals surface area contributed by atoms with Gasteiger partial charge in [-0.2, -0.15) is 0 Å². The van der Waals surface area contributed by atoms with E-state index in [4.69, 9.17) is 4.42 Å². The van der Waals surface area contributed by atoms with E-state index in [2.05, 4.69) is 15.6 Å². The zero-order valence-corrected chi connectivity index (χ0v) is 17.2. The van der Waals surface area contributed by atoms with Crippen LogP contribution in [-0.2, 0) is 0 Å². The standard InChI is InChI=1S/C25H21N3O3/c1-16-20(23(29)26-19-12-7-4-8-13-19)14-9-15-21(16)27-24(30)22-17(2)31-25(28-22)18-10-5-3-6-11-18/h3-15H,1-2H3,(H,26,29)(H,27,30). The summed E-state index contributed by atoms with van der Waals surface area (Å²) in [7, 11) is 0. The maximum Gasteiger partial charge on any atom is 0.277 e. The van der Waals surface area contributed by atoms with E-state index in [1.165, 1.54) is 0 Å². The summed E-state index contributed by atoms with van der Waals surface area (Å²) in [6.45, 7) is 3.49. The van der Waals surface area contributed by atoms with E-state index < -0.39 is 5.91 Å². The summed E-state index contributed by atoms with van der Waals surface area (Å²) in [6.07, 6.45) is 0. The molecular formula is C25H21N3O3. The second-order valence-electron chi connectivity index (χ2n) is 7.04. The first-order valence-electron chi connectivity index (χ1n) is 9.83. The highest BCUT2D eigenvalue weighted by molar-refractivity contribution is 6.08. The van der Waals surface area contributed by atoms with E-state index in [0.29, 0.717) is 34.2 Å². The summed E-state index contributed by atoms with van der Waals surface area (Å²) in [5.74, 6) is 0.166. The summed E-state index contributed by atoms with van der Waals surface area (Å²) in [5.41, 5.74) is 3.37. The van der Waals surface area contributed by atoms with Crippen LogP contribution in [0, 0.1) is 13.8 Å². The van der Waals surface area contributed by atoms with E-state index in [1.54, 1.807) is 32.0 Å². The molecule has 0 radical (unpaired) electrons. The van der Waals surface area contributed by atoms with Crippen LogP contribution < -0.4 is 10.6 Å². The van der Waals surface area contributed by atoms with Gasteiger partial charge in [-0.05, 0) is 55.8 Å². The Morgan fingerprint density at radius 2 is 1.45 bits per heavy atom. The normalized spacial score (nSPS) is 10.5. The van der Waals surface area contributed by atoms with Crippen LogP contribution in [0.5, 0.6) is 0 Å². The summed E-state index contributed by atoms with van der Waals surface area (Å²) in [5, 5.41) is 5.71. The molecular weight excluding hydrogens is 390 g/mol. The fourth-order valence-corrected chi connectivity index (χ4v) is 3.23. The monoisotopic (exact) mass is 411 g/mol. The first kappa shape index (κ1) is 20.1. The fraction of sp³-hybridized carbons (Fsp3) is 0.0800. The van der Waals surface area contributed by atoms with Gasteiger partial charge < -0.3 is 15.1 Å². The molecule has 3 aromatic carbocycles. The summed E-state index contributed by atoms with van der Waals surface area (Å²) >= 11 is 0. The maximum absolute atomic E-state index is 12.9. The Kier molecular flexibility index (Phi) is 5.62. The van der Waals surface area contributed by atoms with Gasteiger partial charge in [0.05, 0.1) is 0 Å². The molecule has 6 nitrogen and oxygen atoms in total. The molecule has 0 fully saturated rings. The van der Waals surface area contributed by atoms with Crippen LogP contribution in [0.25, 0.3) is 11.5 Å². The van der Waals surface area contributed by atoms with Crippen molar-refractivity contribution in [3.63, 3.8) is 0 Å². The van der Waals surface area contributed by atoms with Crippen molar-refractivity contribution in [2.75, 3.05) is 10.6 Å². The first-order valence-corrected chi connectivity index (χ1v) is 9.83. The number of amides is 2. The van der Waals surface area contributed by atoms with Crippen LogP contribution in [0.1, 0.15) is 32.2 Å². The number of hydrogen-bond acceptors (Lipinski definition) is 4. The molecule has 6 heteroatoms. The smallest absolute Gasteiger partial charge is 0.277 e. The quantitative estimate of drug-likeness (QED) is 0.456. The summed E-state index contributed by atoms with van der Waals surface area (Å²) in [6, 6.07) is 23.8. The molecule has 1 heterocycles. The Morgan fingerprint density at radius 1 is 0.774 bits per heavy atom. The molecule has 4 aromatic rings. The Hall–Kier alpha value is -4.19. The van der Waals surface area contributed by atoms with Crippen LogP contribution in [0.2, 0.25) is 0 Å². The van der Waals surface area contributed by atoms with E-state index >= 15 is 0 Å². The average Bonchev–Trinajstić information content (AvgIpc) is 3.18. The predicted molar refractivity (Wildman–Crippen MR) is 120 cm³/mol. The molecule has 0 bridgehead atoms. The maximum atomic E-state index is 12.9. The van der Waals surface area contributed by atoms with Gasteiger partial charge >= 0.3 is 0 Å². The van der Waals surface area contributed by atoms with Crippen molar-refractivity contribution in [1.82, 2.24) is 4.98 Å². The third kappa shape index (κ3) is 4.38. The molecule has 0 unspecified atom stereocenters. The van der Waals surface area contributed by atoms with Crippen molar-refractivity contribution in [2.24, 2.45) is 0 Å². The topological polar surface area (TPSA) is 84.2 Å². The number of benzene rings is 3. The second-order valence-corrected chi connectivity index (χ2v) is 7.04. The number of hydrogen-bond donors (Lipinski definition) is 2. The van der Waals surface area contributed by atoms with Crippen LogP contribution in [-0.4, -0.2) is 16.8 Å². The Balaban J connectivity index is 1.55.